The number of carbonyl (C=O) groups is 3. The Balaban J connectivity index is 4.34. The Labute approximate surface area is 392 Å². The van der Waals surface area contributed by atoms with Crippen molar-refractivity contribution in [2.24, 2.45) is 0 Å². The number of hydrogen-bond acceptors (Lipinski definition) is 6. The zero-order chi connectivity index (χ0) is 45.8. The molecule has 6 nitrogen and oxygen atoms in total. The van der Waals surface area contributed by atoms with Crippen LogP contribution in [0.15, 0.2) is 24.3 Å². The summed E-state index contributed by atoms with van der Waals surface area (Å²) in [4.78, 5) is 38.1. The van der Waals surface area contributed by atoms with Crippen LogP contribution in [0.25, 0.3) is 0 Å². The first-order chi connectivity index (χ1) is 31.0. The molecule has 6 heteroatoms. The highest BCUT2D eigenvalue weighted by atomic mass is 16.6. The van der Waals surface area contributed by atoms with Crippen molar-refractivity contribution < 1.29 is 28.6 Å². The monoisotopic (exact) mass is 887 g/mol. The summed E-state index contributed by atoms with van der Waals surface area (Å²) in [5.41, 5.74) is 0. The van der Waals surface area contributed by atoms with E-state index < -0.39 is 6.10 Å². The maximum Gasteiger partial charge on any atom is 0.306 e. The van der Waals surface area contributed by atoms with Crippen molar-refractivity contribution in [3.05, 3.63) is 24.3 Å². The highest BCUT2D eigenvalue weighted by molar-refractivity contribution is 5.71. The van der Waals surface area contributed by atoms with Crippen LogP contribution in [0.1, 0.15) is 303 Å². The largest absolute Gasteiger partial charge is 0.462 e. The van der Waals surface area contributed by atoms with Gasteiger partial charge in [0.1, 0.15) is 13.2 Å². The molecule has 0 aromatic carbocycles. The minimum atomic E-state index is -0.774. The van der Waals surface area contributed by atoms with E-state index in [0.717, 1.165) is 70.6 Å². The third kappa shape index (κ3) is 50.7. The topological polar surface area (TPSA) is 78.9 Å². The van der Waals surface area contributed by atoms with Crippen LogP contribution in [-0.4, -0.2) is 37.2 Å². The Morgan fingerprint density at radius 3 is 0.794 bits per heavy atom. The predicted octanol–water partition coefficient (Wildman–Crippen LogP) is 18.3. The molecule has 0 aliphatic carbocycles. The Kier molecular flexibility index (Phi) is 50.8. The molecule has 0 bridgehead atoms. The Hall–Kier alpha value is -2.11. The second kappa shape index (κ2) is 52.5. The minimum absolute atomic E-state index is 0.0730. The molecule has 63 heavy (non-hydrogen) atoms. The van der Waals surface area contributed by atoms with E-state index in [1.165, 1.54) is 193 Å². The Morgan fingerprint density at radius 2 is 0.524 bits per heavy atom. The fourth-order valence-corrected chi connectivity index (χ4v) is 8.20. The third-order valence-electron chi connectivity index (χ3n) is 12.4. The lowest BCUT2D eigenvalue weighted by Crippen LogP contribution is -2.30. The zero-order valence-electron chi connectivity index (χ0n) is 42.4. The average Bonchev–Trinajstić information content (AvgIpc) is 3.28. The SMILES string of the molecule is CCCCCCC/C=C\CCCCCCCC(=O)OC[C@H](COC(=O)CCCCCCCCCCCCCCCCCCC)OC(=O)CCCCCCC/C=C\CCCCCCC. The number of allylic oxidation sites excluding steroid dienone is 4. The molecule has 0 fully saturated rings. The molecule has 0 saturated carbocycles. The summed E-state index contributed by atoms with van der Waals surface area (Å²) in [6.45, 7) is 6.65. The van der Waals surface area contributed by atoms with Gasteiger partial charge in [0.25, 0.3) is 0 Å². The van der Waals surface area contributed by atoms with E-state index in [0.29, 0.717) is 19.3 Å². The van der Waals surface area contributed by atoms with Crippen LogP contribution in [-0.2, 0) is 28.6 Å². The van der Waals surface area contributed by atoms with Crippen molar-refractivity contribution >= 4 is 17.9 Å². The van der Waals surface area contributed by atoms with Crippen molar-refractivity contribution in [3.8, 4) is 0 Å². The van der Waals surface area contributed by atoms with E-state index in [9.17, 15) is 14.4 Å². The number of rotatable bonds is 51. The third-order valence-corrected chi connectivity index (χ3v) is 12.4. The molecule has 0 aromatic heterocycles. The summed E-state index contributed by atoms with van der Waals surface area (Å²) in [6, 6.07) is 0. The summed E-state index contributed by atoms with van der Waals surface area (Å²) >= 11 is 0. The first kappa shape index (κ1) is 60.9. The van der Waals surface area contributed by atoms with Crippen molar-refractivity contribution in [3.63, 3.8) is 0 Å². The second-order valence-electron chi connectivity index (χ2n) is 18.8. The normalized spacial score (nSPS) is 12.1. The van der Waals surface area contributed by atoms with Gasteiger partial charge in [-0.1, -0.05) is 238 Å². The smallest absolute Gasteiger partial charge is 0.306 e. The van der Waals surface area contributed by atoms with Gasteiger partial charge >= 0.3 is 17.9 Å². The van der Waals surface area contributed by atoms with Gasteiger partial charge in [0, 0.05) is 19.3 Å². The number of ether oxygens (including phenoxy) is 3. The lowest BCUT2D eigenvalue weighted by molar-refractivity contribution is -0.167. The zero-order valence-corrected chi connectivity index (χ0v) is 42.4. The predicted molar refractivity (Wildman–Crippen MR) is 270 cm³/mol. The van der Waals surface area contributed by atoms with Crippen molar-refractivity contribution in [1.82, 2.24) is 0 Å². The fourth-order valence-electron chi connectivity index (χ4n) is 8.20. The summed E-state index contributed by atoms with van der Waals surface area (Å²) in [7, 11) is 0. The maximum atomic E-state index is 12.8. The van der Waals surface area contributed by atoms with Gasteiger partial charge in [-0.3, -0.25) is 14.4 Å². The standard InChI is InChI=1S/C57H106O6/c1-4-7-10-13-16-19-22-25-28-29-30-33-35-38-41-44-47-50-56(59)62-53-54(63-57(60)51-48-45-42-39-36-32-27-24-21-18-15-12-9-6-3)52-61-55(58)49-46-43-40-37-34-31-26-23-20-17-14-11-8-5-2/h23-24,26-27,54H,4-22,25,28-53H2,1-3H3/b26-23-,27-24-/t54-/m1/s1. The Morgan fingerprint density at radius 1 is 0.302 bits per heavy atom. The highest BCUT2D eigenvalue weighted by Gasteiger charge is 2.19. The van der Waals surface area contributed by atoms with Crippen LogP contribution in [0.2, 0.25) is 0 Å². The lowest BCUT2D eigenvalue weighted by atomic mass is 10.0. The van der Waals surface area contributed by atoms with Gasteiger partial charge in [-0.25, -0.2) is 0 Å². The van der Waals surface area contributed by atoms with Gasteiger partial charge in [-0.15, -0.1) is 0 Å². The molecule has 370 valence electrons. The van der Waals surface area contributed by atoms with Crippen LogP contribution in [0, 0.1) is 0 Å². The minimum Gasteiger partial charge on any atom is -0.462 e. The summed E-state index contributed by atoms with van der Waals surface area (Å²) in [6.07, 6.45) is 60.2. The molecular formula is C57H106O6. The lowest BCUT2D eigenvalue weighted by Gasteiger charge is -2.18. The first-order valence-corrected chi connectivity index (χ1v) is 27.8. The van der Waals surface area contributed by atoms with E-state index in [1.807, 2.05) is 0 Å². The van der Waals surface area contributed by atoms with Gasteiger partial charge in [0.05, 0.1) is 0 Å². The molecule has 0 spiro atoms. The van der Waals surface area contributed by atoms with Crippen LogP contribution < -0.4 is 0 Å². The van der Waals surface area contributed by atoms with E-state index in [1.54, 1.807) is 0 Å². The van der Waals surface area contributed by atoms with Crippen LogP contribution >= 0.6 is 0 Å². The fraction of sp³-hybridized carbons (Fsp3) is 0.877. The van der Waals surface area contributed by atoms with Gasteiger partial charge in [0.2, 0.25) is 0 Å². The summed E-state index contributed by atoms with van der Waals surface area (Å²) < 4.78 is 16.8. The second-order valence-corrected chi connectivity index (χ2v) is 18.8. The van der Waals surface area contributed by atoms with Gasteiger partial charge in [-0.2, -0.15) is 0 Å². The molecule has 0 aliphatic heterocycles. The highest BCUT2D eigenvalue weighted by Crippen LogP contribution is 2.16. The molecule has 0 unspecified atom stereocenters. The van der Waals surface area contributed by atoms with Gasteiger partial charge in [0.15, 0.2) is 6.10 Å². The molecule has 0 heterocycles. The number of unbranched alkanes of at least 4 members (excludes halogenated alkanes) is 36. The van der Waals surface area contributed by atoms with E-state index in [-0.39, 0.29) is 31.1 Å². The van der Waals surface area contributed by atoms with Gasteiger partial charge < -0.3 is 14.2 Å². The van der Waals surface area contributed by atoms with E-state index in [2.05, 4.69) is 45.1 Å². The molecule has 0 aliphatic rings. The number of carbonyl (C=O) groups excluding carboxylic acids is 3. The molecule has 0 saturated heterocycles. The molecule has 0 radical (unpaired) electrons. The number of hydrogen-bond donors (Lipinski definition) is 0. The molecule has 1 atom stereocenters. The molecule has 0 rings (SSSR count). The van der Waals surface area contributed by atoms with Gasteiger partial charge in [-0.05, 0) is 70.6 Å². The average molecular weight is 887 g/mol. The Bertz CT molecular complexity index is 1020. The molecule has 0 N–H and O–H groups in total. The quantitative estimate of drug-likeness (QED) is 0.0262. The number of esters is 3. The van der Waals surface area contributed by atoms with Crippen molar-refractivity contribution in [1.29, 1.82) is 0 Å². The van der Waals surface area contributed by atoms with Crippen LogP contribution in [0.3, 0.4) is 0 Å². The first-order valence-electron chi connectivity index (χ1n) is 27.8. The molecule has 0 aromatic rings. The van der Waals surface area contributed by atoms with Crippen molar-refractivity contribution in [2.45, 2.75) is 309 Å². The van der Waals surface area contributed by atoms with E-state index in [4.69, 9.17) is 14.2 Å². The maximum absolute atomic E-state index is 12.8. The van der Waals surface area contributed by atoms with E-state index >= 15 is 0 Å². The van der Waals surface area contributed by atoms with Crippen LogP contribution in [0.5, 0.6) is 0 Å². The van der Waals surface area contributed by atoms with Crippen LogP contribution in [0.4, 0.5) is 0 Å². The summed E-state index contributed by atoms with van der Waals surface area (Å²) in [5, 5.41) is 0. The molecular weight excluding hydrogens is 781 g/mol. The van der Waals surface area contributed by atoms with Crippen molar-refractivity contribution in [2.75, 3.05) is 13.2 Å². The summed E-state index contributed by atoms with van der Waals surface area (Å²) in [5.74, 6) is -0.874. The molecule has 0 amide bonds.